The number of sulfonamides is 1. The molecule has 1 N–H and O–H groups in total. The molecule has 0 saturated heterocycles. The molecule has 0 saturated carbocycles. The van der Waals surface area contributed by atoms with E-state index < -0.39 is 10.0 Å². The molecular formula is C20H25N3O3S. The van der Waals surface area contributed by atoms with Gasteiger partial charge in [0.2, 0.25) is 15.9 Å². The van der Waals surface area contributed by atoms with Gasteiger partial charge < -0.3 is 10.2 Å². The maximum Gasteiger partial charge on any atom is 0.239 e. The molecule has 1 aliphatic rings. The molecule has 144 valence electrons. The minimum Gasteiger partial charge on any atom is -0.363 e. The van der Waals surface area contributed by atoms with Crippen molar-refractivity contribution in [2.45, 2.75) is 13.3 Å². The zero-order valence-electron chi connectivity index (χ0n) is 15.5. The quantitative estimate of drug-likeness (QED) is 0.752. The summed E-state index contributed by atoms with van der Waals surface area (Å²) in [6.45, 7) is 3.45. The van der Waals surface area contributed by atoms with E-state index in [1.54, 1.807) is 0 Å². The molecular weight excluding hydrogens is 362 g/mol. The molecule has 0 spiro atoms. The van der Waals surface area contributed by atoms with Crippen LogP contribution in [0.3, 0.4) is 0 Å². The molecule has 0 aliphatic carbocycles. The Morgan fingerprint density at radius 1 is 1.11 bits per heavy atom. The molecule has 27 heavy (non-hydrogen) atoms. The molecule has 0 radical (unpaired) electrons. The highest BCUT2D eigenvalue weighted by atomic mass is 32.2. The standard InChI is InChI=1S/C20H25N3O3S/c1-2-22(18-9-4-3-5-10-18)16-20(24)21-13-15-27(25,26)23-14-12-17-8-6-7-11-19(17)23/h3-11H,2,12-16H2,1H3,(H,21,24). The molecule has 7 heteroatoms. The molecule has 6 nitrogen and oxygen atoms in total. The fraction of sp³-hybridized carbons (Fsp3) is 0.350. The summed E-state index contributed by atoms with van der Waals surface area (Å²) < 4.78 is 26.7. The molecule has 0 aromatic heterocycles. The molecule has 1 aliphatic heterocycles. The van der Waals surface area contributed by atoms with Crippen LogP contribution in [0.5, 0.6) is 0 Å². The molecule has 3 rings (SSSR count). The molecule has 0 bridgehead atoms. The van der Waals surface area contributed by atoms with E-state index in [0.717, 1.165) is 23.4 Å². The van der Waals surface area contributed by atoms with Crippen LogP contribution >= 0.6 is 0 Å². The Morgan fingerprint density at radius 3 is 2.56 bits per heavy atom. The third-order valence-corrected chi connectivity index (χ3v) is 6.47. The number of anilines is 2. The normalized spacial score (nSPS) is 13.3. The Bertz CT molecular complexity index is 884. The van der Waals surface area contributed by atoms with E-state index in [0.29, 0.717) is 13.1 Å². The van der Waals surface area contributed by atoms with Crippen LogP contribution in [-0.4, -0.2) is 46.3 Å². The van der Waals surface area contributed by atoms with Crippen LogP contribution in [0.25, 0.3) is 0 Å². The number of fused-ring (bicyclic) bond motifs is 1. The van der Waals surface area contributed by atoms with Crippen LogP contribution < -0.4 is 14.5 Å². The van der Waals surface area contributed by atoms with Crippen molar-refractivity contribution in [2.24, 2.45) is 0 Å². The van der Waals surface area contributed by atoms with Gasteiger partial charge in [0.15, 0.2) is 0 Å². The van der Waals surface area contributed by atoms with E-state index >= 15 is 0 Å². The number of para-hydroxylation sites is 2. The Morgan fingerprint density at radius 2 is 1.81 bits per heavy atom. The molecule has 1 heterocycles. The molecule has 0 fully saturated rings. The van der Waals surface area contributed by atoms with Gasteiger partial charge in [-0.15, -0.1) is 0 Å². The number of hydrogen-bond donors (Lipinski definition) is 1. The second-order valence-corrected chi connectivity index (χ2v) is 8.48. The molecule has 0 atom stereocenters. The number of rotatable bonds is 8. The van der Waals surface area contributed by atoms with Gasteiger partial charge in [0.1, 0.15) is 0 Å². The maximum atomic E-state index is 12.6. The zero-order valence-corrected chi connectivity index (χ0v) is 16.3. The van der Waals surface area contributed by atoms with Gasteiger partial charge in [0, 0.05) is 25.3 Å². The maximum absolute atomic E-state index is 12.6. The number of nitrogens with zero attached hydrogens (tertiary/aromatic N) is 2. The third-order valence-electron chi connectivity index (χ3n) is 4.70. The smallest absolute Gasteiger partial charge is 0.239 e. The highest BCUT2D eigenvalue weighted by Gasteiger charge is 2.28. The summed E-state index contributed by atoms with van der Waals surface area (Å²) in [5, 5.41) is 2.73. The first-order chi connectivity index (χ1) is 13.0. The van der Waals surface area contributed by atoms with E-state index in [1.165, 1.54) is 4.31 Å². The van der Waals surface area contributed by atoms with E-state index in [4.69, 9.17) is 0 Å². The van der Waals surface area contributed by atoms with Gasteiger partial charge >= 0.3 is 0 Å². The van der Waals surface area contributed by atoms with Crippen molar-refractivity contribution in [2.75, 3.05) is 41.1 Å². The van der Waals surface area contributed by atoms with Gasteiger partial charge in [-0.1, -0.05) is 36.4 Å². The number of amides is 1. The summed E-state index contributed by atoms with van der Waals surface area (Å²) in [4.78, 5) is 14.2. The first kappa shape index (κ1) is 19.2. The number of carbonyl (C=O) groups excluding carboxylic acids is 1. The van der Waals surface area contributed by atoms with Crippen molar-refractivity contribution in [3.8, 4) is 0 Å². The van der Waals surface area contributed by atoms with Gasteiger partial charge in [-0.05, 0) is 37.1 Å². The summed E-state index contributed by atoms with van der Waals surface area (Å²) in [5.41, 5.74) is 2.77. The van der Waals surface area contributed by atoms with Gasteiger partial charge in [-0.2, -0.15) is 0 Å². The molecule has 1 amide bonds. The summed E-state index contributed by atoms with van der Waals surface area (Å²) in [6.07, 6.45) is 0.726. The number of likely N-dealkylation sites (N-methyl/N-ethyl adjacent to an activating group) is 1. The average Bonchev–Trinajstić information content (AvgIpc) is 3.12. The lowest BCUT2D eigenvalue weighted by Crippen LogP contribution is -2.41. The van der Waals surface area contributed by atoms with Crippen LogP contribution in [0.4, 0.5) is 11.4 Å². The van der Waals surface area contributed by atoms with E-state index in [-0.39, 0.29) is 24.7 Å². The van der Waals surface area contributed by atoms with Crippen molar-refractivity contribution in [3.05, 3.63) is 60.2 Å². The van der Waals surface area contributed by atoms with Crippen molar-refractivity contribution in [3.63, 3.8) is 0 Å². The van der Waals surface area contributed by atoms with Crippen molar-refractivity contribution in [1.82, 2.24) is 5.32 Å². The number of hydrogen-bond acceptors (Lipinski definition) is 4. The fourth-order valence-corrected chi connectivity index (χ4v) is 4.71. The lowest BCUT2D eigenvalue weighted by atomic mass is 10.2. The van der Waals surface area contributed by atoms with E-state index in [2.05, 4.69) is 5.32 Å². The SMILES string of the molecule is CCN(CC(=O)NCCS(=O)(=O)N1CCc2ccccc21)c1ccccc1. The number of benzene rings is 2. The van der Waals surface area contributed by atoms with Crippen molar-refractivity contribution >= 4 is 27.3 Å². The van der Waals surface area contributed by atoms with Gasteiger partial charge in [0.25, 0.3) is 0 Å². The predicted molar refractivity (Wildman–Crippen MR) is 109 cm³/mol. The highest BCUT2D eigenvalue weighted by molar-refractivity contribution is 7.92. The van der Waals surface area contributed by atoms with Gasteiger partial charge in [0.05, 0.1) is 18.0 Å². The minimum absolute atomic E-state index is 0.103. The van der Waals surface area contributed by atoms with Crippen LogP contribution in [0.2, 0.25) is 0 Å². The zero-order chi connectivity index (χ0) is 19.3. The second kappa shape index (κ2) is 8.43. The molecule has 0 unspecified atom stereocenters. The van der Waals surface area contributed by atoms with Crippen LogP contribution in [0.15, 0.2) is 54.6 Å². The lowest BCUT2D eigenvalue weighted by molar-refractivity contribution is -0.119. The monoisotopic (exact) mass is 387 g/mol. The topological polar surface area (TPSA) is 69.7 Å². The minimum atomic E-state index is -3.45. The number of carbonyl (C=O) groups is 1. The fourth-order valence-electron chi connectivity index (χ4n) is 3.28. The van der Waals surface area contributed by atoms with Gasteiger partial charge in [-0.25, -0.2) is 8.42 Å². The van der Waals surface area contributed by atoms with E-state index in [9.17, 15) is 13.2 Å². The van der Waals surface area contributed by atoms with Crippen LogP contribution in [-0.2, 0) is 21.2 Å². The average molecular weight is 388 g/mol. The molecule has 2 aromatic carbocycles. The van der Waals surface area contributed by atoms with E-state index in [1.807, 2.05) is 66.4 Å². The van der Waals surface area contributed by atoms with Crippen LogP contribution in [0.1, 0.15) is 12.5 Å². The number of nitrogens with one attached hydrogen (secondary N) is 1. The Balaban J connectivity index is 1.52. The Labute approximate surface area is 160 Å². The lowest BCUT2D eigenvalue weighted by Gasteiger charge is -2.23. The summed E-state index contributed by atoms with van der Waals surface area (Å²) >= 11 is 0. The second-order valence-electron chi connectivity index (χ2n) is 6.47. The van der Waals surface area contributed by atoms with Crippen molar-refractivity contribution < 1.29 is 13.2 Å². The first-order valence-electron chi connectivity index (χ1n) is 9.16. The summed E-state index contributed by atoms with van der Waals surface area (Å²) in [7, 11) is -3.45. The Hall–Kier alpha value is -2.54. The summed E-state index contributed by atoms with van der Waals surface area (Å²) in [5.74, 6) is -0.289. The first-order valence-corrected chi connectivity index (χ1v) is 10.8. The van der Waals surface area contributed by atoms with Crippen LogP contribution in [0, 0.1) is 0 Å². The Kier molecular flexibility index (Phi) is 6.01. The summed E-state index contributed by atoms with van der Waals surface area (Å²) in [6, 6.07) is 17.2. The molecule has 2 aromatic rings. The highest BCUT2D eigenvalue weighted by Crippen LogP contribution is 2.29. The van der Waals surface area contributed by atoms with Crippen molar-refractivity contribution in [1.29, 1.82) is 0 Å². The third kappa shape index (κ3) is 4.60. The largest absolute Gasteiger partial charge is 0.363 e. The predicted octanol–water partition coefficient (Wildman–Crippen LogP) is 2.02. The van der Waals surface area contributed by atoms with Gasteiger partial charge in [-0.3, -0.25) is 9.10 Å².